The Labute approximate surface area is 174 Å². The molecule has 4 aromatic rings. The molecule has 30 heavy (non-hydrogen) atoms. The Morgan fingerprint density at radius 3 is 2.63 bits per heavy atom. The smallest absolute Gasteiger partial charge is 0.338 e. The number of carboxylic acids is 1. The summed E-state index contributed by atoms with van der Waals surface area (Å²) in [6.45, 7) is 0. The number of hydrogen-bond donors (Lipinski definition) is 1. The van der Waals surface area contributed by atoms with Crippen LogP contribution in [0, 0.1) is 10.1 Å². The van der Waals surface area contributed by atoms with Crippen molar-refractivity contribution in [3.05, 3.63) is 93.2 Å². The van der Waals surface area contributed by atoms with Gasteiger partial charge in [0, 0.05) is 17.8 Å². The first-order valence-corrected chi connectivity index (χ1v) is 9.65. The topological polar surface area (TPSA) is 111 Å². The Morgan fingerprint density at radius 1 is 1.17 bits per heavy atom. The lowest BCUT2D eigenvalue weighted by atomic mass is 10.1. The van der Waals surface area contributed by atoms with Crippen molar-refractivity contribution in [1.82, 2.24) is 14.8 Å². The number of carboxylic acid groups (broad SMARTS) is 1. The predicted molar refractivity (Wildman–Crippen MR) is 114 cm³/mol. The molecular formula is C21H14N4O4S. The number of pyridine rings is 1. The molecule has 0 fully saturated rings. The molecular weight excluding hydrogens is 404 g/mol. The second-order valence-corrected chi connectivity index (χ2v) is 7.16. The molecule has 8 nitrogen and oxygen atoms in total. The molecule has 148 valence electrons. The van der Waals surface area contributed by atoms with Gasteiger partial charge in [-0.1, -0.05) is 24.3 Å². The Morgan fingerprint density at radius 2 is 1.97 bits per heavy atom. The summed E-state index contributed by atoms with van der Waals surface area (Å²) in [6, 6.07) is 14.5. The third-order valence-corrected chi connectivity index (χ3v) is 5.16. The van der Waals surface area contributed by atoms with Gasteiger partial charge in [0.15, 0.2) is 0 Å². The van der Waals surface area contributed by atoms with Gasteiger partial charge in [-0.3, -0.25) is 10.1 Å². The number of hydrogen-bond acceptors (Lipinski definition) is 6. The molecule has 9 heteroatoms. The summed E-state index contributed by atoms with van der Waals surface area (Å²) in [5.41, 5.74) is 1.89. The number of nitrogens with zero attached hydrogens (tertiary/aromatic N) is 4. The highest BCUT2D eigenvalue weighted by Crippen LogP contribution is 2.29. The zero-order valence-electron chi connectivity index (χ0n) is 15.4. The summed E-state index contributed by atoms with van der Waals surface area (Å²) in [6.07, 6.45) is 6.12. The maximum atomic E-state index is 11.5. The largest absolute Gasteiger partial charge is 0.478 e. The summed E-state index contributed by atoms with van der Waals surface area (Å²) >= 11 is 1.54. The van der Waals surface area contributed by atoms with Crippen LogP contribution in [0.2, 0.25) is 0 Å². The monoisotopic (exact) mass is 418 g/mol. The Balaban J connectivity index is 1.78. The van der Waals surface area contributed by atoms with E-state index in [0.717, 1.165) is 34.1 Å². The summed E-state index contributed by atoms with van der Waals surface area (Å²) in [5.74, 6) is -1.29. The summed E-state index contributed by atoms with van der Waals surface area (Å²) in [5, 5.41) is 27.0. The molecule has 0 saturated carbocycles. The zero-order chi connectivity index (χ0) is 21.1. The number of benzene rings is 1. The molecule has 0 aliphatic heterocycles. The number of nitro groups is 1. The van der Waals surface area contributed by atoms with Crippen LogP contribution in [-0.2, 0) is 0 Å². The van der Waals surface area contributed by atoms with E-state index >= 15 is 0 Å². The number of rotatable bonds is 6. The quantitative estimate of drug-likeness (QED) is 0.356. The number of carbonyl (C=O) groups is 1. The molecule has 0 bridgehead atoms. The van der Waals surface area contributed by atoms with E-state index in [4.69, 9.17) is 0 Å². The fourth-order valence-electron chi connectivity index (χ4n) is 2.86. The number of aromatic nitrogens is 3. The molecule has 4 rings (SSSR count). The van der Waals surface area contributed by atoms with Crippen LogP contribution in [0.3, 0.4) is 0 Å². The molecule has 1 N–H and O–H groups in total. The van der Waals surface area contributed by atoms with Gasteiger partial charge in [0.1, 0.15) is 11.9 Å². The Hall–Kier alpha value is -4.11. The molecule has 0 aliphatic carbocycles. The lowest BCUT2D eigenvalue weighted by molar-refractivity contribution is -0.385. The minimum atomic E-state index is -1.29. The van der Waals surface area contributed by atoms with Crippen LogP contribution in [0.15, 0.2) is 66.3 Å². The molecule has 0 unspecified atom stereocenters. The van der Waals surface area contributed by atoms with Gasteiger partial charge in [0.25, 0.3) is 5.69 Å². The van der Waals surface area contributed by atoms with Crippen molar-refractivity contribution in [2.75, 3.05) is 0 Å². The lowest BCUT2D eigenvalue weighted by Gasteiger charge is -2.00. The maximum absolute atomic E-state index is 11.5. The van der Waals surface area contributed by atoms with Gasteiger partial charge in [0.05, 0.1) is 26.7 Å². The zero-order valence-corrected chi connectivity index (χ0v) is 16.2. The highest BCUT2D eigenvalue weighted by molar-refractivity contribution is 7.13. The number of aromatic carboxylic acids is 1. The maximum Gasteiger partial charge on any atom is 0.338 e. The minimum absolute atomic E-state index is 0.123. The lowest BCUT2D eigenvalue weighted by Crippen LogP contribution is -2.03. The molecule has 0 spiro atoms. The van der Waals surface area contributed by atoms with Crippen molar-refractivity contribution < 1.29 is 14.8 Å². The van der Waals surface area contributed by atoms with E-state index in [0.29, 0.717) is 0 Å². The molecule has 0 atom stereocenters. The van der Waals surface area contributed by atoms with Gasteiger partial charge < -0.3 is 5.11 Å². The van der Waals surface area contributed by atoms with Gasteiger partial charge in [-0.25, -0.2) is 14.5 Å². The van der Waals surface area contributed by atoms with Crippen molar-refractivity contribution >= 4 is 35.1 Å². The van der Waals surface area contributed by atoms with Crippen molar-refractivity contribution in [2.24, 2.45) is 0 Å². The third kappa shape index (κ3) is 3.87. The number of para-hydroxylation sites is 1. The van der Waals surface area contributed by atoms with Crippen molar-refractivity contribution in [2.45, 2.75) is 0 Å². The second kappa shape index (κ2) is 8.10. The summed E-state index contributed by atoms with van der Waals surface area (Å²) in [7, 11) is 0. The third-order valence-electron chi connectivity index (χ3n) is 4.28. The molecule has 0 radical (unpaired) electrons. The van der Waals surface area contributed by atoms with Crippen molar-refractivity contribution in [3.63, 3.8) is 0 Å². The Kier molecular flexibility index (Phi) is 5.19. The SMILES string of the molecule is O=C(O)c1cc([N+](=O)[O-])cnc1/C=C/c1cn(-c2ccccc2)nc1-c1cccs1. The van der Waals surface area contributed by atoms with Crippen molar-refractivity contribution in [1.29, 1.82) is 0 Å². The standard InChI is InChI=1S/C21H14N4O4S/c26-21(27)17-11-16(25(28)29)12-22-18(17)9-8-14-13-24(15-5-2-1-3-6-15)23-20(14)19-7-4-10-30-19/h1-13H,(H,26,27)/b9-8+. The normalized spacial score (nSPS) is 11.1. The molecule has 1 aromatic carbocycles. The second-order valence-electron chi connectivity index (χ2n) is 6.21. The fraction of sp³-hybridized carbons (Fsp3) is 0. The van der Waals surface area contributed by atoms with Gasteiger partial charge in [-0.05, 0) is 35.7 Å². The first kappa shape index (κ1) is 19.2. The van der Waals surface area contributed by atoms with Crippen LogP contribution in [0.5, 0.6) is 0 Å². The summed E-state index contributed by atoms with van der Waals surface area (Å²) in [4.78, 5) is 26.7. The first-order valence-electron chi connectivity index (χ1n) is 8.77. The first-order chi connectivity index (χ1) is 14.5. The van der Waals surface area contributed by atoms with Crippen LogP contribution in [0.1, 0.15) is 21.6 Å². The van der Waals surface area contributed by atoms with Gasteiger partial charge in [-0.15, -0.1) is 11.3 Å². The van der Waals surface area contributed by atoms with Crippen LogP contribution in [0.25, 0.3) is 28.4 Å². The Bertz CT molecular complexity index is 1250. The van der Waals surface area contributed by atoms with E-state index in [1.54, 1.807) is 10.8 Å². The highest BCUT2D eigenvalue weighted by atomic mass is 32.1. The molecule has 3 heterocycles. The van der Waals surface area contributed by atoms with Crippen LogP contribution in [-0.4, -0.2) is 30.8 Å². The van der Waals surface area contributed by atoms with Crippen LogP contribution < -0.4 is 0 Å². The summed E-state index contributed by atoms with van der Waals surface area (Å²) < 4.78 is 1.75. The van der Waals surface area contributed by atoms with E-state index in [9.17, 15) is 20.0 Å². The minimum Gasteiger partial charge on any atom is -0.478 e. The van der Waals surface area contributed by atoms with E-state index in [1.165, 1.54) is 17.4 Å². The highest BCUT2D eigenvalue weighted by Gasteiger charge is 2.17. The van der Waals surface area contributed by atoms with E-state index in [-0.39, 0.29) is 16.9 Å². The van der Waals surface area contributed by atoms with E-state index in [2.05, 4.69) is 10.1 Å². The molecule has 0 saturated heterocycles. The number of thiophene rings is 1. The van der Waals surface area contributed by atoms with Gasteiger partial charge >= 0.3 is 5.97 Å². The van der Waals surface area contributed by atoms with E-state index < -0.39 is 10.9 Å². The van der Waals surface area contributed by atoms with Crippen molar-refractivity contribution in [3.8, 4) is 16.3 Å². The predicted octanol–water partition coefficient (Wildman–Crippen LogP) is 4.77. The van der Waals surface area contributed by atoms with Crippen LogP contribution in [0.4, 0.5) is 5.69 Å². The van der Waals surface area contributed by atoms with E-state index in [1.807, 2.05) is 54.0 Å². The average Bonchev–Trinajstić information content (AvgIpc) is 3.42. The van der Waals surface area contributed by atoms with Crippen LogP contribution >= 0.6 is 11.3 Å². The average molecular weight is 418 g/mol. The molecule has 0 amide bonds. The molecule has 0 aliphatic rings. The van der Waals surface area contributed by atoms with Gasteiger partial charge in [-0.2, -0.15) is 5.10 Å². The molecule has 3 aromatic heterocycles. The fourth-order valence-corrected chi connectivity index (χ4v) is 3.60. The van der Waals surface area contributed by atoms with Gasteiger partial charge in [0.2, 0.25) is 0 Å².